The second kappa shape index (κ2) is 13.4. The molecule has 1 aliphatic heterocycles. The average Bonchev–Trinajstić information content (AvgIpc) is 2.64. The minimum atomic E-state index is -1.82. The van der Waals surface area contributed by atoms with Gasteiger partial charge in [-0.15, -0.1) is 0 Å². The molecule has 0 atom stereocenters. The fourth-order valence-corrected chi connectivity index (χ4v) is 2.82. The number of aliphatic carboxylic acids is 2. The lowest BCUT2D eigenvalue weighted by Gasteiger charge is -2.26. The van der Waals surface area contributed by atoms with Gasteiger partial charge in [-0.2, -0.15) is 0 Å². The van der Waals surface area contributed by atoms with E-state index >= 15 is 0 Å². The van der Waals surface area contributed by atoms with Crippen molar-refractivity contribution in [2.24, 2.45) is 0 Å². The number of halogens is 1. The lowest BCUT2D eigenvalue weighted by molar-refractivity contribution is -0.159. The van der Waals surface area contributed by atoms with Crippen molar-refractivity contribution in [2.45, 2.75) is 44.9 Å². The topological polar surface area (TPSA) is 87.1 Å². The number of ether oxygens (including phenoxy) is 1. The van der Waals surface area contributed by atoms with Gasteiger partial charge in [0.05, 0.1) is 6.61 Å². The Hall–Kier alpha value is -1.79. The third-order valence-electron chi connectivity index (χ3n) is 4.08. The van der Waals surface area contributed by atoms with Gasteiger partial charge in [0.2, 0.25) is 0 Å². The van der Waals surface area contributed by atoms with Crippen molar-refractivity contribution in [3.63, 3.8) is 0 Å². The molecule has 7 heteroatoms. The fourth-order valence-electron chi connectivity index (χ4n) is 2.69. The molecule has 0 spiro atoms. The quantitative estimate of drug-likeness (QED) is 0.521. The highest BCUT2D eigenvalue weighted by Gasteiger charge is 2.08. The highest BCUT2D eigenvalue weighted by molar-refractivity contribution is 6.30. The molecule has 0 amide bonds. The number of carboxylic acids is 2. The Bertz CT molecular complexity index is 517. The van der Waals surface area contributed by atoms with Gasteiger partial charge in [-0.1, -0.05) is 30.9 Å². The molecule has 1 saturated heterocycles. The Balaban J connectivity index is 0.000000487. The Labute approximate surface area is 159 Å². The molecule has 1 heterocycles. The Morgan fingerprint density at radius 1 is 0.923 bits per heavy atom. The van der Waals surface area contributed by atoms with Crippen LogP contribution < -0.4 is 4.74 Å². The number of hydrogen-bond donors (Lipinski definition) is 2. The van der Waals surface area contributed by atoms with E-state index in [1.807, 2.05) is 24.3 Å². The van der Waals surface area contributed by atoms with Gasteiger partial charge in [-0.05, 0) is 69.6 Å². The van der Waals surface area contributed by atoms with E-state index in [0.717, 1.165) is 23.8 Å². The zero-order valence-electron chi connectivity index (χ0n) is 15.0. The maximum absolute atomic E-state index is 9.10. The number of rotatable bonds is 8. The molecule has 26 heavy (non-hydrogen) atoms. The number of likely N-dealkylation sites (tertiary alicyclic amines) is 1. The molecule has 2 rings (SSSR count). The van der Waals surface area contributed by atoms with Crippen molar-refractivity contribution in [3.05, 3.63) is 29.3 Å². The SMILES string of the molecule is Clc1ccc(OCCCCCCN2CCCCC2)cc1.O=C(O)C(=O)O. The van der Waals surface area contributed by atoms with Gasteiger partial charge in [-0.25, -0.2) is 9.59 Å². The lowest BCUT2D eigenvalue weighted by Crippen LogP contribution is -2.30. The Morgan fingerprint density at radius 3 is 2.08 bits per heavy atom. The number of hydrogen-bond acceptors (Lipinski definition) is 4. The minimum Gasteiger partial charge on any atom is -0.494 e. The molecule has 0 aromatic heterocycles. The zero-order valence-corrected chi connectivity index (χ0v) is 15.8. The molecule has 1 aromatic carbocycles. The smallest absolute Gasteiger partial charge is 0.414 e. The van der Waals surface area contributed by atoms with Gasteiger partial charge in [-0.3, -0.25) is 0 Å². The van der Waals surface area contributed by atoms with Crippen molar-refractivity contribution >= 4 is 23.5 Å². The van der Waals surface area contributed by atoms with Crippen LogP contribution in [0.1, 0.15) is 44.9 Å². The van der Waals surface area contributed by atoms with E-state index in [2.05, 4.69) is 4.90 Å². The number of unbranched alkanes of at least 4 members (excludes halogenated alkanes) is 3. The first-order valence-corrected chi connectivity index (χ1v) is 9.44. The first-order chi connectivity index (χ1) is 12.5. The Kier molecular flexibility index (Phi) is 11.5. The van der Waals surface area contributed by atoms with Crippen molar-refractivity contribution in [3.8, 4) is 5.75 Å². The highest BCUT2D eigenvalue weighted by atomic mass is 35.5. The summed E-state index contributed by atoms with van der Waals surface area (Å²) >= 11 is 5.83. The Morgan fingerprint density at radius 2 is 1.50 bits per heavy atom. The van der Waals surface area contributed by atoms with Gasteiger partial charge in [0.25, 0.3) is 0 Å². The van der Waals surface area contributed by atoms with Crippen molar-refractivity contribution in [1.82, 2.24) is 4.90 Å². The summed E-state index contributed by atoms with van der Waals surface area (Å²) in [7, 11) is 0. The van der Waals surface area contributed by atoms with Gasteiger partial charge >= 0.3 is 11.9 Å². The number of nitrogens with zero attached hydrogens (tertiary/aromatic N) is 1. The summed E-state index contributed by atoms with van der Waals surface area (Å²) in [4.78, 5) is 20.8. The predicted octanol–water partition coefficient (Wildman–Crippen LogP) is 3.92. The summed E-state index contributed by atoms with van der Waals surface area (Å²) in [5.41, 5.74) is 0. The molecule has 1 aliphatic rings. The first kappa shape index (κ1) is 22.3. The maximum atomic E-state index is 9.10. The first-order valence-electron chi connectivity index (χ1n) is 9.06. The van der Waals surface area contributed by atoms with E-state index in [0.29, 0.717) is 0 Å². The zero-order chi connectivity index (χ0) is 19.2. The maximum Gasteiger partial charge on any atom is 0.414 e. The van der Waals surface area contributed by atoms with Gasteiger partial charge in [0, 0.05) is 5.02 Å². The van der Waals surface area contributed by atoms with Gasteiger partial charge in [0.1, 0.15) is 5.75 Å². The van der Waals surface area contributed by atoms with Crippen molar-refractivity contribution in [2.75, 3.05) is 26.2 Å². The van der Waals surface area contributed by atoms with Crippen LogP contribution in [0.2, 0.25) is 5.02 Å². The summed E-state index contributed by atoms with van der Waals surface area (Å²) in [5.74, 6) is -2.73. The van der Waals surface area contributed by atoms with E-state index in [-0.39, 0.29) is 0 Å². The molecule has 0 radical (unpaired) electrons. The standard InChI is InChI=1S/C17H26ClNO.C2H2O4/c18-16-8-10-17(11-9-16)20-15-7-2-1-4-12-19-13-5-3-6-14-19;3-1(4)2(5)6/h8-11H,1-7,12-15H2;(H,3,4)(H,5,6). The van der Waals surface area contributed by atoms with Crippen molar-refractivity contribution < 1.29 is 24.5 Å². The number of carboxylic acid groups (broad SMARTS) is 2. The number of benzene rings is 1. The predicted molar refractivity (Wildman–Crippen MR) is 101 cm³/mol. The van der Waals surface area contributed by atoms with E-state index < -0.39 is 11.9 Å². The van der Waals surface area contributed by atoms with Crippen LogP contribution in [0.5, 0.6) is 5.75 Å². The van der Waals surface area contributed by atoms with Crippen LogP contribution in [0.25, 0.3) is 0 Å². The molecule has 2 N–H and O–H groups in total. The number of piperidine rings is 1. The second-order valence-corrected chi connectivity index (χ2v) is 6.67. The van der Waals surface area contributed by atoms with Crippen LogP contribution in [0.3, 0.4) is 0 Å². The molecular formula is C19H28ClNO5. The molecule has 146 valence electrons. The van der Waals surface area contributed by atoms with Gasteiger partial charge < -0.3 is 19.8 Å². The van der Waals surface area contributed by atoms with Crippen LogP contribution in [0.15, 0.2) is 24.3 Å². The number of carbonyl (C=O) groups is 2. The monoisotopic (exact) mass is 385 g/mol. The molecular weight excluding hydrogens is 358 g/mol. The lowest BCUT2D eigenvalue weighted by atomic mass is 10.1. The molecule has 1 fully saturated rings. The summed E-state index contributed by atoms with van der Waals surface area (Å²) in [6.45, 7) is 4.74. The molecule has 0 saturated carbocycles. The van der Waals surface area contributed by atoms with Crippen LogP contribution in [-0.2, 0) is 9.59 Å². The van der Waals surface area contributed by atoms with Crippen LogP contribution in [0.4, 0.5) is 0 Å². The fraction of sp³-hybridized carbons (Fsp3) is 0.579. The molecule has 0 aliphatic carbocycles. The molecule has 6 nitrogen and oxygen atoms in total. The largest absolute Gasteiger partial charge is 0.494 e. The van der Waals surface area contributed by atoms with Crippen molar-refractivity contribution in [1.29, 1.82) is 0 Å². The van der Waals surface area contributed by atoms with E-state index in [9.17, 15) is 0 Å². The highest BCUT2D eigenvalue weighted by Crippen LogP contribution is 2.16. The molecule has 0 bridgehead atoms. The van der Waals surface area contributed by atoms with Crippen LogP contribution >= 0.6 is 11.6 Å². The summed E-state index contributed by atoms with van der Waals surface area (Å²) in [5, 5.41) is 15.5. The third kappa shape index (κ3) is 10.9. The summed E-state index contributed by atoms with van der Waals surface area (Å²) in [6.07, 6.45) is 9.29. The van der Waals surface area contributed by atoms with E-state index in [4.69, 9.17) is 36.1 Å². The molecule has 0 unspecified atom stereocenters. The third-order valence-corrected chi connectivity index (χ3v) is 4.33. The summed E-state index contributed by atoms with van der Waals surface area (Å²) < 4.78 is 5.69. The van der Waals surface area contributed by atoms with Crippen LogP contribution in [0, 0.1) is 0 Å². The summed E-state index contributed by atoms with van der Waals surface area (Å²) in [6, 6.07) is 7.60. The van der Waals surface area contributed by atoms with Crippen LogP contribution in [-0.4, -0.2) is 53.3 Å². The van der Waals surface area contributed by atoms with Gasteiger partial charge in [0.15, 0.2) is 0 Å². The average molecular weight is 386 g/mol. The van der Waals surface area contributed by atoms with E-state index in [1.54, 1.807) is 0 Å². The molecule has 1 aromatic rings. The normalized spacial score (nSPS) is 14.2. The minimum absolute atomic E-state index is 0.759. The van der Waals surface area contributed by atoms with E-state index in [1.165, 1.54) is 58.2 Å². The second-order valence-electron chi connectivity index (χ2n) is 6.23.